The Morgan fingerprint density at radius 1 is 1.33 bits per heavy atom. The summed E-state index contributed by atoms with van der Waals surface area (Å²) in [5, 5.41) is 21.8. The van der Waals surface area contributed by atoms with E-state index in [2.05, 4.69) is 30.1 Å². The van der Waals surface area contributed by atoms with Gasteiger partial charge in [-0.3, -0.25) is 0 Å². The molecule has 0 spiro atoms. The Balaban J connectivity index is 2.28. The number of nitrogens with zero attached hydrogens (tertiary/aromatic N) is 2. The van der Waals surface area contributed by atoms with Gasteiger partial charge in [-0.15, -0.1) is 0 Å². The summed E-state index contributed by atoms with van der Waals surface area (Å²) in [4.78, 5) is 2.14. The predicted molar refractivity (Wildman–Crippen MR) is 83.3 cm³/mol. The molecule has 0 aromatic heterocycles. The van der Waals surface area contributed by atoms with Crippen LogP contribution in [0.25, 0.3) is 0 Å². The molecule has 1 aromatic carbocycles. The van der Waals surface area contributed by atoms with Crippen molar-refractivity contribution in [3.05, 3.63) is 29.8 Å². The zero-order valence-corrected chi connectivity index (χ0v) is 13.3. The minimum absolute atomic E-state index is 0.0354. The fraction of sp³-hybridized carbons (Fsp3) is 0.562. The minimum Gasteiger partial charge on any atom is -0.491 e. The highest BCUT2D eigenvalue weighted by atomic mass is 16.5. The minimum atomic E-state index is -0.571. The largest absolute Gasteiger partial charge is 0.491 e. The summed E-state index contributed by atoms with van der Waals surface area (Å²) < 4.78 is 5.49. The first-order valence-corrected chi connectivity index (χ1v) is 7.04. The van der Waals surface area contributed by atoms with Crippen molar-refractivity contribution in [2.45, 2.75) is 25.5 Å². The van der Waals surface area contributed by atoms with Crippen molar-refractivity contribution >= 4 is 0 Å². The van der Waals surface area contributed by atoms with E-state index < -0.39 is 6.10 Å². The Hall–Kier alpha value is -1.61. The van der Waals surface area contributed by atoms with E-state index in [1.165, 1.54) is 0 Å². The van der Waals surface area contributed by atoms with E-state index in [0.717, 1.165) is 6.54 Å². The first-order valence-electron chi connectivity index (χ1n) is 7.04. The summed E-state index contributed by atoms with van der Waals surface area (Å²) in [6.45, 7) is 5.77. The second-order valence-electron chi connectivity index (χ2n) is 5.94. The molecule has 0 saturated carbocycles. The standard InChI is InChI=1S/C16H25N3O2/c1-16(2,19(3)4)12-18-10-14(20)11-21-15-7-5-13(9-17)6-8-15/h5-8,14,18,20H,10-12H2,1-4H3. The Morgan fingerprint density at radius 2 is 1.95 bits per heavy atom. The normalized spacial score (nSPS) is 13.0. The average molecular weight is 291 g/mol. The van der Waals surface area contributed by atoms with E-state index in [4.69, 9.17) is 10.00 Å². The molecule has 5 nitrogen and oxygen atoms in total. The highest BCUT2D eigenvalue weighted by molar-refractivity contribution is 5.34. The third-order valence-corrected chi connectivity index (χ3v) is 3.57. The number of hydrogen-bond donors (Lipinski definition) is 2. The quantitative estimate of drug-likeness (QED) is 0.754. The molecule has 0 heterocycles. The molecule has 0 aliphatic carbocycles. The van der Waals surface area contributed by atoms with Crippen LogP contribution in [-0.4, -0.2) is 55.4 Å². The number of nitrogens with one attached hydrogen (secondary N) is 1. The van der Waals surface area contributed by atoms with E-state index in [1.54, 1.807) is 24.3 Å². The molecule has 21 heavy (non-hydrogen) atoms. The van der Waals surface area contributed by atoms with Gasteiger partial charge in [0.1, 0.15) is 18.5 Å². The summed E-state index contributed by atoms with van der Waals surface area (Å²) in [5.41, 5.74) is 0.628. The predicted octanol–water partition coefficient (Wildman–Crippen LogP) is 1.23. The summed E-state index contributed by atoms with van der Waals surface area (Å²) in [5.74, 6) is 0.654. The molecule has 0 amide bonds. The molecule has 1 rings (SSSR count). The fourth-order valence-corrected chi connectivity index (χ4v) is 1.58. The smallest absolute Gasteiger partial charge is 0.119 e. The van der Waals surface area contributed by atoms with Crippen LogP contribution >= 0.6 is 0 Å². The van der Waals surface area contributed by atoms with Crippen LogP contribution in [-0.2, 0) is 0 Å². The Kier molecular flexibility index (Phi) is 6.63. The van der Waals surface area contributed by atoms with E-state index in [9.17, 15) is 5.11 Å². The maximum absolute atomic E-state index is 9.89. The highest BCUT2D eigenvalue weighted by Gasteiger charge is 2.20. The molecule has 0 radical (unpaired) electrons. The summed E-state index contributed by atoms with van der Waals surface area (Å²) in [7, 11) is 4.07. The summed E-state index contributed by atoms with van der Waals surface area (Å²) in [6.07, 6.45) is -0.571. The SMILES string of the molecule is CN(C)C(C)(C)CNCC(O)COc1ccc(C#N)cc1. The van der Waals surface area contributed by atoms with Crippen LogP contribution in [0.1, 0.15) is 19.4 Å². The van der Waals surface area contributed by atoms with Crippen molar-refractivity contribution in [1.82, 2.24) is 10.2 Å². The second-order valence-corrected chi connectivity index (χ2v) is 5.94. The van der Waals surface area contributed by atoms with Gasteiger partial charge in [-0.05, 0) is 52.2 Å². The van der Waals surface area contributed by atoms with Gasteiger partial charge in [0.2, 0.25) is 0 Å². The molecule has 116 valence electrons. The van der Waals surface area contributed by atoms with Gasteiger partial charge in [-0.25, -0.2) is 0 Å². The number of ether oxygens (including phenoxy) is 1. The van der Waals surface area contributed by atoms with Crippen molar-refractivity contribution in [2.75, 3.05) is 33.8 Å². The number of likely N-dealkylation sites (N-methyl/N-ethyl adjacent to an activating group) is 1. The lowest BCUT2D eigenvalue weighted by Gasteiger charge is -2.33. The highest BCUT2D eigenvalue weighted by Crippen LogP contribution is 2.12. The van der Waals surface area contributed by atoms with Gasteiger partial charge in [0.15, 0.2) is 0 Å². The second kappa shape index (κ2) is 7.99. The lowest BCUT2D eigenvalue weighted by molar-refractivity contribution is 0.100. The molecule has 2 N–H and O–H groups in total. The molecular formula is C16H25N3O2. The number of benzene rings is 1. The maximum atomic E-state index is 9.89. The Morgan fingerprint density at radius 3 is 2.48 bits per heavy atom. The van der Waals surface area contributed by atoms with Crippen LogP contribution in [0.15, 0.2) is 24.3 Å². The maximum Gasteiger partial charge on any atom is 0.119 e. The number of aliphatic hydroxyl groups is 1. The van der Waals surface area contributed by atoms with Crippen LogP contribution in [0.2, 0.25) is 0 Å². The van der Waals surface area contributed by atoms with Gasteiger partial charge < -0.3 is 20.1 Å². The van der Waals surface area contributed by atoms with Crippen LogP contribution in [0.3, 0.4) is 0 Å². The first-order chi connectivity index (χ1) is 9.85. The van der Waals surface area contributed by atoms with Crippen molar-refractivity contribution in [3.8, 4) is 11.8 Å². The third kappa shape index (κ3) is 6.13. The van der Waals surface area contributed by atoms with Gasteiger partial charge in [0.05, 0.1) is 11.6 Å². The van der Waals surface area contributed by atoms with Crippen LogP contribution in [0, 0.1) is 11.3 Å². The number of nitriles is 1. The molecule has 0 fully saturated rings. The Labute approximate surface area is 127 Å². The molecule has 5 heteroatoms. The molecule has 1 aromatic rings. The monoisotopic (exact) mass is 291 g/mol. The van der Waals surface area contributed by atoms with Crippen LogP contribution in [0.4, 0.5) is 0 Å². The van der Waals surface area contributed by atoms with E-state index in [0.29, 0.717) is 17.9 Å². The molecule has 0 saturated heterocycles. The van der Waals surface area contributed by atoms with Gasteiger partial charge in [-0.2, -0.15) is 5.26 Å². The van der Waals surface area contributed by atoms with Gasteiger partial charge in [-0.1, -0.05) is 0 Å². The number of aliphatic hydroxyl groups excluding tert-OH is 1. The topological polar surface area (TPSA) is 68.5 Å². The fourth-order valence-electron chi connectivity index (χ4n) is 1.58. The summed E-state index contributed by atoms with van der Waals surface area (Å²) >= 11 is 0. The van der Waals surface area contributed by atoms with Crippen molar-refractivity contribution in [2.24, 2.45) is 0 Å². The van der Waals surface area contributed by atoms with Crippen LogP contribution in [0.5, 0.6) is 5.75 Å². The van der Waals surface area contributed by atoms with Crippen molar-refractivity contribution in [3.63, 3.8) is 0 Å². The van der Waals surface area contributed by atoms with Gasteiger partial charge >= 0.3 is 0 Å². The van der Waals surface area contributed by atoms with E-state index in [1.807, 2.05) is 14.1 Å². The molecular weight excluding hydrogens is 266 g/mol. The zero-order valence-electron chi connectivity index (χ0n) is 13.3. The van der Waals surface area contributed by atoms with E-state index >= 15 is 0 Å². The van der Waals surface area contributed by atoms with Gasteiger partial charge in [0, 0.05) is 18.6 Å². The third-order valence-electron chi connectivity index (χ3n) is 3.57. The molecule has 1 atom stereocenters. The number of hydrogen-bond acceptors (Lipinski definition) is 5. The average Bonchev–Trinajstić information content (AvgIpc) is 2.45. The van der Waals surface area contributed by atoms with Crippen molar-refractivity contribution in [1.29, 1.82) is 5.26 Å². The van der Waals surface area contributed by atoms with E-state index in [-0.39, 0.29) is 12.1 Å². The molecule has 0 aliphatic rings. The molecule has 0 bridgehead atoms. The molecule has 1 unspecified atom stereocenters. The zero-order chi connectivity index (χ0) is 15.9. The Bertz CT molecular complexity index is 463. The first kappa shape index (κ1) is 17.4. The lowest BCUT2D eigenvalue weighted by Crippen LogP contribution is -2.48. The lowest BCUT2D eigenvalue weighted by atomic mass is 10.0. The van der Waals surface area contributed by atoms with Crippen LogP contribution < -0.4 is 10.1 Å². The summed E-state index contributed by atoms with van der Waals surface area (Å²) in [6, 6.07) is 8.90. The van der Waals surface area contributed by atoms with Gasteiger partial charge in [0.25, 0.3) is 0 Å². The number of rotatable bonds is 8. The molecule has 0 aliphatic heterocycles. The van der Waals surface area contributed by atoms with Crippen molar-refractivity contribution < 1.29 is 9.84 Å².